The van der Waals surface area contributed by atoms with Crippen molar-refractivity contribution in [3.8, 4) is 0 Å². The Hall–Kier alpha value is -1.10. The van der Waals surface area contributed by atoms with Gasteiger partial charge >= 0.3 is 0 Å². The van der Waals surface area contributed by atoms with Crippen LogP contribution < -0.4 is 5.73 Å². The molecule has 1 aromatic rings. The molecule has 19 heavy (non-hydrogen) atoms. The fraction of sp³-hybridized carbons (Fsp3) is 0.500. The van der Waals surface area contributed by atoms with Crippen molar-refractivity contribution in [1.29, 1.82) is 0 Å². The standard InChI is InChI=1S/C14H22ClN3O/c1-17(2)14(19)8-12(9-16)18(3)10-11-6-4-5-7-13(11)15/h4-7,12H,8-10,16H2,1-3H3. The number of rotatable bonds is 6. The van der Waals surface area contributed by atoms with Crippen LogP contribution in [0, 0.1) is 0 Å². The average Bonchev–Trinajstić information content (AvgIpc) is 2.38. The minimum atomic E-state index is 0.0196. The molecule has 0 aromatic heterocycles. The molecule has 2 N–H and O–H groups in total. The molecule has 1 unspecified atom stereocenters. The Bertz CT molecular complexity index is 423. The number of amides is 1. The van der Waals surface area contributed by atoms with E-state index in [0.717, 1.165) is 10.6 Å². The van der Waals surface area contributed by atoms with E-state index in [1.807, 2.05) is 31.3 Å². The molecule has 0 heterocycles. The normalized spacial score (nSPS) is 12.5. The monoisotopic (exact) mass is 283 g/mol. The number of nitrogens with zero attached hydrogens (tertiary/aromatic N) is 2. The van der Waals surface area contributed by atoms with Gasteiger partial charge in [0.15, 0.2) is 0 Å². The van der Waals surface area contributed by atoms with Crippen molar-refractivity contribution in [2.24, 2.45) is 5.73 Å². The molecule has 0 spiro atoms. The van der Waals surface area contributed by atoms with Crippen LogP contribution in [0.1, 0.15) is 12.0 Å². The van der Waals surface area contributed by atoms with Gasteiger partial charge in [0.1, 0.15) is 0 Å². The molecule has 0 radical (unpaired) electrons. The van der Waals surface area contributed by atoms with E-state index in [4.69, 9.17) is 17.3 Å². The predicted molar refractivity (Wildman–Crippen MR) is 79.1 cm³/mol. The van der Waals surface area contributed by atoms with Gasteiger partial charge in [-0.3, -0.25) is 9.69 Å². The van der Waals surface area contributed by atoms with Gasteiger partial charge in [-0.15, -0.1) is 0 Å². The number of halogens is 1. The molecule has 1 rings (SSSR count). The van der Waals surface area contributed by atoms with Gasteiger partial charge in [0.2, 0.25) is 5.91 Å². The maximum Gasteiger partial charge on any atom is 0.223 e. The Morgan fingerprint density at radius 3 is 2.47 bits per heavy atom. The van der Waals surface area contributed by atoms with Crippen LogP contribution in [0.2, 0.25) is 5.02 Å². The summed E-state index contributed by atoms with van der Waals surface area (Å²) in [4.78, 5) is 15.4. The highest BCUT2D eigenvalue weighted by Gasteiger charge is 2.19. The zero-order valence-corrected chi connectivity index (χ0v) is 12.5. The maximum absolute atomic E-state index is 11.8. The smallest absolute Gasteiger partial charge is 0.223 e. The van der Waals surface area contributed by atoms with E-state index in [9.17, 15) is 4.79 Å². The fourth-order valence-corrected chi connectivity index (χ4v) is 2.02. The molecular weight excluding hydrogens is 262 g/mol. The first-order valence-electron chi connectivity index (χ1n) is 6.29. The van der Waals surface area contributed by atoms with Gasteiger partial charge in [0, 0.05) is 44.7 Å². The molecule has 4 nitrogen and oxygen atoms in total. The van der Waals surface area contributed by atoms with E-state index in [-0.39, 0.29) is 11.9 Å². The SMILES string of the molecule is CN(C)C(=O)CC(CN)N(C)Cc1ccccc1Cl. The van der Waals surface area contributed by atoms with Crippen LogP contribution in [0.4, 0.5) is 0 Å². The Morgan fingerprint density at radius 2 is 1.95 bits per heavy atom. The molecule has 0 fully saturated rings. The van der Waals surface area contributed by atoms with Crippen LogP contribution in [0.15, 0.2) is 24.3 Å². The van der Waals surface area contributed by atoms with Gasteiger partial charge in [-0.25, -0.2) is 0 Å². The highest BCUT2D eigenvalue weighted by atomic mass is 35.5. The fourth-order valence-electron chi connectivity index (χ4n) is 1.83. The van der Waals surface area contributed by atoms with Crippen molar-refractivity contribution in [2.75, 3.05) is 27.7 Å². The molecular formula is C14H22ClN3O. The van der Waals surface area contributed by atoms with Crippen LogP contribution in [0.3, 0.4) is 0 Å². The van der Waals surface area contributed by atoms with E-state index in [1.165, 1.54) is 0 Å². The van der Waals surface area contributed by atoms with Gasteiger partial charge < -0.3 is 10.6 Å². The summed E-state index contributed by atoms with van der Waals surface area (Å²) in [7, 11) is 5.47. The van der Waals surface area contributed by atoms with Gasteiger partial charge in [0.05, 0.1) is 0 Å². The highest BCUT2D eigenvalue weighted by molar-refractivity contribution is 6.31. The molecule has 0 aliphatic rings. The summed E-state index contributed by atoms with van der Waals surface area (Å²) in [5.41, 5.74) is 6.81. The largest absolute Gasteiger partial charge is 0.349 e. The summed E-state index contributed by atoms with van der Waals surface area (Å²) < 4.78 is 0. The molecule has 0 saturated heterocycles. The van der Waals surface area contributed by atoms with E-state index < -0.39 is 0 Å². The van der Waals surface area contributed by atoms with Crippen molar-refractivity contribution < 1.29 is 4.79 Å². The highest BCUT2D eigenvalue weighted by Crippen LogP contribution is 2.18. The Labute approximate surface area is 120 Å². The number of carbonyl (C=O) groups is 1. The predicted octanol–water partition coefficient (Wildman–Crippen LogP) is 1.58. The summed E-state index contributed by atoms with van der Waals surface area (Å²) in [5.74, 6) is 0.0847. The van der Waals surface area contributed by atoms with E-state index in [2.05, 4.69) is 4.90 Å². The molecule has 0 aliphatic carbocycles. The second-order valence-corrected chi connectivity index (χ2v) is 5.30. The number of nitrogens with two attached hydrogens (primary N) is 1. The van der Waals surface area contributed by atoms with Gasteiger partial charge in [-0.05, 0) is 18.7 Å². The first-order valence-corrected chi connectivity index (χ1v) is 6.67. The number of hydrogen-bond acceptors (Lipinski definition) is 3. The first-order chi connectivity index (χ1) is 8.95. The third-order valence-electron chi connectivity index (χ3n) is 3.18. The summed E-state index contributed by atoms with van der Waals surface area (Å²) in [6.07, 6.45) is 0.421. The van der Waals surface area contributed by atoms with Crippen LogP contribution >= 0.6 is 11.6 Å². The average molecular weight is 284 g/mol. The van der Waals surface area contributed by atoms with Crippen molar-refractivity contribution in [2.45, 2.75) is 19.0 Å². The lowest BCUT2D eigenvalue weighted by Gasteiger charge is -2.27. The molecule has 0 bridgehead atoms. The van der Waals surface area contributed by atoms with Crippen LogP contribution in [-0.4, -0.2) is 49.4 Å². The summed E-state index contributed by atoms with van der Waals surface area (Å²) in [6.45, 7) is 1.13. The summed E-state index contributed by atoms with van der Waals surface area (Å²) in [6, 6.07) is 7.73. The third kappa shape index (κ3) is 4.82. The van der Waals surface area contributed by atoms with E-state index in [1.54, 1.807) is 19.0 Å². The summed E-state index contributed by atoms with van der Waals surface area (Å²) >= 11 is 6.14. The number of carbonyl (C=O) groups excluding carboxylic acids is 1. The van der Waals surface area contributed by atoms with Crippen molar-refractivity contribution in [1.82, 2.24) is 9.80 Å². The lowest BCUT2D eigenvalue weighted by molar-refractivity contribution is -0.129. The molecule has 0 saturated carbocycles. The zero-order chi connectivity index (χ0) is 14.4. The topological polar surface area (TPSA) is 49.6 Å². The Morgan fingerprint density at radius 1 is 1.32 bits per heavy atom. The third-order valence-corrected chi connectivity index (χ3v) is 3.55. The van der Waals surface area contributed by atoms with Gasteiger partial charge in [-0.1, -0.05) is 29.8 Å². The lowest BCUT2D eigenvalue weighted by atomic mass is 10.1. The molecule has 106 valence electrons. The second-order valence-electron chi connectivity index (χ2n) is 4.89. The molecule has 0 aliphatic heterocycles. The minimum absolute atomic E-state index is 0.0196. The zero-order valence-electron chi connectivity index (χ0n) is 11.8. The maximum atomic E-state index is 11.8. The summed E-state index contributed by atoms with van der Waals surface area (Å²) in [5, 5.41) is 0.740. The van der Waals surface area contributed by atoms with Gasteiger partial charge in [-0.2, -0.15) is 0 Å². The van der Waals surface area contributed by atoms with E-state index >= 15 is 0 Å². The Balaban J connectivity index is 2.66. The number of hydrogen-bond donors (Lipinski definition) is 1. The minimum Gasteiger partial charge on any atom is -0.349 e. The molecule has 1 aromatic carbocycles. The first kappa shape index (κ1) is 16.0. The van der Waals surface area contributed by atoms with Gasteiger partial charge in [0.25, 0.3) is 0 Å². The number of benzene rings is 1. The van der Waals surface area contributed by atoms with Crippen molar-refractivity contribution in [3.63, 3.8) is 0 Å². The molecule has 1 atom stereocenters. The van der Waals surface area contributed by atoms with E-state index in [0.29, 0.717) is 19.5 Å². The van der Waals surface area contributed by atoms with Crippen LogP contribution in [0.5, 0.6) is 0 Å². The van der Waals surface area contributed by atoms with Crippen LogP contribution in [-0.2, 0) is 11.3 Å². The second kappa shape index (κ2) is 7.48. The Kier molecular flexibility index (Phi) is 6.28. The molecule has 1 amide bonds. The van der Waals surface area contributed by atoms with Crippen LogP contribution in [0.25, 0.3) is 0 Å². The van der Waals surface area contributed by atoms with Crippen molar-refractivity contribution in [3.05, 3.63) is 34.9 Å². The number of likely N-dealkylation sites (N-methyl/N-ethyl adjacent to an activating group) is 1. The lowest BCUT2D eigenvalue weighted by Crippen LogP contribution is -2.41. The molecule has 5 heteroatoms. The van der Waals surface area contributed by atoms with Crippen molar-refractivity contribution >= 4 is 17.5 Å². The quantitative estimate of drug-likeness (QED) is 0.862.